The molecule has 0 amide bonds. The summed E-state index contributed by atoms with van der Waals surface area (Å²) in [5.74, 6) is 0.387. The average Bonchev–Trinajstić information content (AvgIpc) is 2.67. The van der Waals surface area contributed by atoms with Crippen molar-refractivity contribution in [2.24, 2.45) is 5.92 Å². The number of aliphatic hydroxyl groups is 1. The zero-order valence-corrected chi connectivity index (χ0v) is 16.3. The van der Waals surface area contributed by atoms with E-state index in [0.29, 0.717) is 5.92 Å². The molecule has 2 heteroatoms. The Morgan fingerprint density at radius 2 is 1.44 bits per heavy atom. The molecule has 3 rings (SSSR count). The van der Waals surface area contributed by atoms with E-state index in [9.17, 15) is 5.11 Å². The summed E-state index contributed by atoms with van der Waals surface area (Å²) in [6.45, 7) is 6.28. The van der Waals surface area contributed by atoms with E-state index in [1.807, 2.05) is 0 Å². The molecular weight excluding hydrogens is 320 g/mol. The fourth-order valence-electron chi connectivity index (χ4n) is 4.70. The molecule has 0 aliphatic heterocycles. The molecule has 0 radical (unpaired) electrons. The molecule has 2 aromatic rings. The van der Waals surface area contributed by atoms with Gasteiger partial charge in [-0.2, -0.15) is 0 Å². The van der Waals surface area contributed by atoms with Gasteiger partial charge in [-0.05, 0) is 24.8 Å². The molecular formula is C23H30OSi. The molecule has 1 fully saturated rings. The van der Waals surface area contributed by atoms with Gasteiger partial charge in [0.25, 0.3) is 0 Å². The van der Waals surface area contributed by atoms with E-state index >= 15 is 0 Å². The Bertz CT molecular complexity index is 634. The van der Waals surface area contributed by atoms with Crippen molar-refractivity contribution in [3.05, 3.63) is 73.3 Å². The lowest BCUT2D eigenvalue weighted by molar-refractivity contribution is 0.0749. The monoisotopic (exact) mass is 350 g/mol. The Balaban J connectivity index is 2.25. The summed E-state index contributed by atoms with van der Waals surface area (Å²) in [6, 6.07) is 22.7. The van der Waals surface area contributed by atoms with Crippen LogP contribution in [0, 0.1) is 5.92 Å². The second-order valence-electron chi connectivity index (χ2n) is 7.65. The molecule has 0 bridgehead atoms. The maximum Gasteiger partial charge on any atom is 0.152 e. The lowest BCUT2D eigenvalue weighted by Gasteiger charge is -2.49. The summed E-state index contributed by atoms with van der Waals surface area (Å²) in [7, 11) is -2.37. The quantitative estimate of drug-likeness (QED) is 0.608. The van der Waals surface area contributed by atoms with Crippen LogP contribution >= 0.6 is 0 Å². The summed E-state index contributed by atoms with van der Waals surface area (Å²) in [5.41, 5.74) is 0. The Hall–Kier alpha value is -1.64. The van der Waals surface area contributed by atoms with Crippen molar-refractivity contribution >= 4 is 18.4 Å². The molecule has 1 aliphatic rings. The van der Waals surface area contributed by atoms with E-state index in [0.717, 1.165) is 31.7 Å². The second kappa shape index (κ2) is 7.71. The SMILES string of the molecule is C=CC(C)C[Si](c1ccccc1)(c1ccccc1)C1(O)CCCCC1. The highest BCUT2D eigenvalue weighted by atomic mass is 28.3. The molecule has 1 nitrogen and oxygen atoms in total. The molecule has 25 heavy (non-hydrogen) atoms. The third-order valence-electron chi connectivity index (χ3n) is 6.04. The number of benzene rings is 2. The fraction of sp³-hybridized carbons (Fsp3) is 0.391. The Morgan fingerprint density at radius 1 is 0.960 bits per heavy atom. The molecule has 132 valence electrons. The Morgan fingerprint density at radius 3 is 1.88 bits per heavy atom. The molecule has 0 aromatic heterocycles. The van der Waals surface area contributed by atoms with Crippen molar-refractivity contribution in [2.75, 3.05) is 0 Å². The lowest BCUT2D eigenvalue weighted by atomic mass is 9.97. The van der Waals surface area contributed by atoms with Crippen LogP contribution in [0.25, 0.3) is 0 Å². The highest BCUT2D eigenvalue weighted by molar-refractivity contribution is 7.04. The maximum absolute atomic E-state index is 12.1. The van der Waals surface area contributed by atoms with Crippen molar-refractivity contribution in [1.29, 1.82) is 0 Å². The van der Waals surface area contributed by atoms with E-state index in [4.69, 9.17) is 0 Å². The van der Waals surface area contributed by atoms with Crippen molar-refractivity contribution < 1.29 is 5.11 Å². The van der Waals surface area contributed by atoms with Gasteiger partial charge >= 0.3 is 0 Å². The highest BCUT2D eigenvalue weighted by Gasteiger charge is 2.54. The summed E-state index contributed by atoms with van der Waals surface area (Å²) in [5, 5.41) is 14.2. The first-order chi connectivity index (χ1) is 12.1. The Labute approximate surface area is 153 Å². The van der Waals surface area contributed by atoms with Crippen LogP contribution in [0.4, 0.5) is 0 Å². The number of allylic oxidation sites excluding steroid dienone is 1. The van der Waals surface area contributed by atoms with Gasteiger partial charge < -0.3 is 5.11 Å². The van der Waals surface area contributed by atoms with Gasteiger partial charge in [0, 0.05) is 0 Å². The molecule has 2 aromatic carbocycles. The first-order valence-electron chi connectivity index (χ1n) is 9.58. The molecule has 0 spiro atoms. The van der Waals surface area contributed by atoms with Crippen LogP contribution in [0.15, 0.2) is 73.3 Å². The highest BCUT2D eigenvalue weighted by Crippen LogP contribution is 2.39. The van der Waals surface area contributed by atoms with E-state index in [1.165, 1.54) is 16.8 Å². The largest absolute Gasteiger partial charge is 0.393 e. The van der Waals surface area contributed by atoms with Crippen LogP contribution in [0.2, 0.25) is 6.04 Å². The van der Waals surface area contributed by atoms with E-state index in [1.54, 1.807) is 0 Å². The third kappa shape index (κ3) is 3.38. The number of rotatable bonds is 6. The van der Waals surface area contributed by atoms with Gasteiger partial charge in [-0.1, -0.05) is 103 Å². The molecule has 0 saturated heterocycles. The molecule has 1 aliphatic carbocycles. The lowest BCUT2D eigenvalue weighted by Crippen LogP contribution is -2.74. The zero-order valence-electron chi connectivity index (χ0n) is 15.3. The fourth-order valence-corrected chi connectivity index (χ4v) is 10.8. The van der Waals surface area contributed by atoms with Crippen LogP contribution in [0.5, 0.6) is 0 Å². The smallest absolute Gasteiger partial charge is 0.152 e. The molecule has 0 heterocycles. The predicted octanol–water partition coefficient (Wildman–Crippen LogP) is 4.31. The van der Waals surface area contributed by atoms with Crippen molar-refractivity contribution in [3.63, 3.8) is 0 Å². The maximum atomic E-state index is 12.1. The number of hydrogen-bond donors (Lipinski definition) is 1. The minimum atomic E-state index is -2.37. The first-order valence-corrected chi connectivity index (χ1v) is 11.8. The van der Waals surface area contributed by atoms with Crippen LogP contribution < -0.4 is 10.4 Å². The minimum absolute atomic E-state index is 0.387. The van der Waals surface area contributed by atoms with Gasteiger partial charge in [0.05, 0.1) is 5.22 Å². The molecule has 1 unspecified atom stereocenters. The van der Waals surface area contributed by atoms with Crippen LogP contribution in [-0.4, -0.2) is 18.4 Å². The summed E-state index contributed by atoms with van der Waals surface area (Å²) >= 11 is 0. The first kappa shape index (κ1) is 18.2. The summed E-state index contributed by atoms with van der Waals surface area (Å²) in [4.78, 5) is 0. The van der Waals surface area contributed by atoms with Crippen LogP contribution in [-0.2, 0) is 0 Å². The van der Waals surface area contributed by atoms with Gasteiger partial charge in [-0.3, -0.25) is 0 Å². The van der Waals surface area contributed by atoms with Gasteiger partial charge in [0.1, 0.15) is 0 Å². The Kier molecular flexibility index (Phi) is 5.60. The van der Waals surface area contributed by atoms with Crippen LogP contribution in [0.1, 0.15) is 39.0 Å². The van der Waals surface area contributed by atoms with Crippen molar-refractivity contribution in [2.45, 2.75) is 50.3 Å². The van der Waals surface area contributed by atoms with Crippen LogP contribution in [0.3, 0.4) is 0 Å². The summed E-state index contributed by atoms with van der Waals surface area (Å²) < 4.78 is 0. The topological polar surface area (TPSA) is 20.2 Å². The number of hydrogen-bond acceptors (Lipinski definition) is 1. The van der Waals surface area contributed by atoms with Gasteiger partial charge in [-0.15, -0.1) is 6.58 Å². The van der Waals surface area contributed by atoms with E-state index in [2.05, 4.69) is 80.2 Å². The predicted molar refractivity (Wildman–Crippen MR) is 110 cm³/mol. The van der Waals surface area contributed by atoms with Crippen molar-refractivity contribution in [3.8, 4) is 0 Å². The minimum Gasteiger partial charge on any atom is -0.393 e. The van der Waals surface area contributed by atoms with Gasteiger partial charge in [0.15, 0.2) is 8.07 Å². The second-order valence-corrected chi connectivity index (χ2v) is 12.0. The molecule has 1 saturated carbocycles. The van der Waals surface area contributed by atoms with E-state index < -0.39 is 13.3 Å². The zero-order chi connectivity index (χ0) is 17.8. The van der Waals surface area contributed by atoms with Gasteiger partial charge in [0.2, 0.25) is 0 Å². The standard InChI is InChI=1S/C23H30OSi/c1-3-20(2)19-25(21-13-7-4-8-14-21,22-15-9-5-10-16-22)23(24)17-11-6-12-18-23/h3-5,7-10,13-16,20,24H,1,6,11-12,17-19H2,2H3. The van der Waals surface area contributed by atoms with Gasteiger partial charge in [-0.25, -0.2) is 0 Å². The normalized spacial score (nSPS) is 18.5. The molecule has 1 N–H and O–H groups in total. The van der Waals surface area contributed by atoms with E-state index in [-0.39, 0.29) is 0 Å². The summed E-state index contributed by atoms with van der Waals surface area (Å²) in [6.07, 6.45) is 7.41. The van der Waals surface area contributed by atoms with Crippen molar-refractivity contribution in [1.82, 2.24) is 0 Å². The third-order valence-corrected chi connectivity index (χ3v) is 12.0. The molecule has 1 atom stereocenters. The average molecular weight is 351 g/mol.